The fraction of sp³-hybridized carbons (Fsp3) is 0.900. The Morgan fingerprint density at radius 3 is 2.50 bits per heavy atom. The Hall–Kier alpha value is -0.370. The molecule has 6 nitrogen and oxygen atoms in total. The van der Waals surface area contributed by atoms with Gasteiger partial charge in [-0.25, -0.2) is 12.7 Å². The average molecular weight is 300 g/mol. The standard InChI is InChI=1S/C10H21N3O3S.ClH/c1-3-17(15,16)13(2)6-4-5-12-10(14)9-7-11-8-9;/h9,11H,3-8H2,1-2H3,(H,12,14);1H. The Labute approximate surface area is 115 Å². The molecule has 1 aliphatic heterocycles. The summed E-state index contributed by atoms with van der Waals surface area (Å²) in [5.41, 5.74) is 0. The van der Waals surface area contributed by atoms with E-state index >= 15 is 0 Å². The van der Waals surface area contributed by atoms with Crippen molar-refractivity contribution in [3.05, 3.63) is 0 Å². The summed E-state index contributed by atoms with van der Waals surface area (Å²) in [5.74, 6) is 0.265. The van der Waals surface area contributed by atoms with Crippen molar-refractivity contribution in [2.75, 3.05) is 39.0 Å². The second-order valence-electron chi connectivity index (χ2n) is 4.22. The molecule has 0 bridgehead atoms. The maximum Gasteiger partial charge on any atom is 0.225 e. The molecule has 0 spiro atoms. The summed E-state index contributed by atoms with van der Waals surface area (Å²) in [4.78, 5) is 11.4. The van der Waals surface area contributed by atoms with Crippen LogP contribution < -0.4 is 10.6 Å². The second kappa shape index (κ2) is 7.93. The van der Waals surface area contributed by atoms with Crippen molar-refractivity contribution in [2.45, 2.75) is 13.3 Å². The summed E-state index contributed by atoms with van der Waals surface area (Å²) in [6.07, 6.45) is 0.640. The largest absolute Gasteiger partial charge is 0.356 e. The first-order chi connectivity index (χ1) is 7.97. The van der Waals surface area contributed by atoms with Crippen LogP contribution in [-0.2, 0) is 14.8 Å². The van der Waals surface area contributed by atoms with Crippen LogP contribution in [0.1, 0.15) is 13.3 Å². The van der Waals surface area contributed by atoms with Crippen molar-refractivity contribution in [2.24, 2.45) is 5.92 Å². The van der Waals surface area contributed by atoms with Gasteiger partial charge in [0, 0.05) is 33.2 Å². The fourth-order valence-corrected chi connectivity index (χ4v) is 2.34. The van der Waals surface area contributed by atoms with Gasteiger partial charge in [0.1, 0.15) is 0 Å². The molecule has 1 saturated heterocycles. The predicted octanol–water partition coefficient (Wildman–Crippen LogP) is -0.585. The van der Waals surface area contributed by atoms with E-state index in [2.05, 4.69) is 10.6 Å². The second-order valence-corrected chi connectivity index (χ2v) is 6.59. The third-order valence-corrected chi connectivity index (χ3v) is 4.80. The number of rotatable bonds is 7. The zero-order chi connectivity index (χ0) is 12.9. The first kappa shape index (κ1) is 17.6. The van der Waals surface area contributed by atoms with Crippen molar-refractivity contribution in [1.82, 2.24) is 14.9 Å². The van der Waals surface area contributed by atoms with Crippen LogP contribution in [-0.4, -0.2) is 57.6 Å². The molecular formula is C10H22ClN3O3S. The molecule has 0 saturated carbocycles. The lowest BCUT2D eigenvalue weighted by Crippen LogP contribution is -2.51. The van der Waals surface area contributed by atoms with E-state index < -0.39 is 10.0 Å². The predicted molar refractivity (Wildman–Crippen MR) is 73.3 cm³/mol. The molecule has 1 rings (SSSR count). The molecule has 1 amide bonds. The van der Waals surface area contributed by atoms with Crippen LogP contribution in [0.4, 0.5) is 0 Å². The number of nitrogens with zero attached hydrogens (tertiary/aromatic N) is 1. The SMILES string of the molecule is CCS(=O)(=O)N(C)CCCNC(=O)C1CNC1.Cl. The quantitative estimate of drug-likeness (QED) is 0.616. The van der Waals surface area contributed by atoms with Gasteiger partial charge in [0.05, 0.1) is 11.7 Å². The zero-order valence-corrected chi connectivity index (χ0v) is 12.4. The van der Waals surface area contributed by atoms with Gasteiger partial charge < -0.3 is 10.6 Å². The lowest BCUT2D eigenvalue weighted by molar-refractivity contribution is -0.126. The molecular weight excluding hydrogens is 278 g/mol. The van der Waals surface area contributed by atoms with Crippen LogP contribution >= 0.6 is 12.4 Å². The fourth-order valence-electron chi connectivity index (χ4n) is 1.49. The third kappa shape index (κ3) is 5.09. The van der Waals surface area contributed by atoms with Gasteiger partial charge in [0.2, 0.25) is 15.9 Å². The maximum absolute atomic E-state index is 11.4. The Morgan fingerprint density at radius 1 is 1.44 bits per heavy atom. The van der Waals surface area contributed by atoms with E-state index in [1.807, 2.05) is 0 Å². The van der Waals surface area contributed by atoms with Crippen LogP contribution in [0, 0.1) is 5.92 Å². The van der Waals surface area contributed by atoms with Crippen molar-refractivity contribution in [3.63, 3.8) is 0 Å². The summed E-state index contributed by atoms with van der Waals surface area (Å²) in [6, 6.07) is 0. The highest BCUT2D eigenvalue weighted by Gasteiger charge is 2.24. The van der Waals surface area contributed by atoms with Crippen molar-refractivity contribution in [1.29, 1.82) is 0 Å². The first-order valence-electron chi connectivity index (χ1n) is 5.90. The number of hydrogen-bond donors (Lipinski definition) is 2. The van der Waals surface area contributed by atoms with Crippen molar-refractivity contribution in [3.8, 4) is 0 Å². The smallest absolute Gasteiger partial charge is 0.225 e. The van der Waals surface area contributed by atoms with Gasteiger partial charge in [0.15, 0.2) is 0 Å². The molecule has 8 heteroatoms. The van der Waals surface area contributed by atoms with Crippen LogP contribution in [0.5, 0.6) is 0 Å². The van der Waals surface area contributed by atoms with Crippen LogP contribution in [0.25, 0.3) is 0 Å². The highest BCUT2D eigenvalue weighted by molar-refractivity contribution is 7.89. The van der Waals surface area contributed by atoms with Gasteiger partial charge in [0.25, 0.3) is 0 Å². The normalized spacial score (nSPS) is 15.9. The minimum Gasteiger partial charge on any atom is -0.356 e. The van der Waals surface area contributed by atoms with Gasteiger partial charge in [-0.1, -0.05) is 0 Å². The Kier molecular flexibility index (Phi) is 7.77. The van der Waals surface area contributed by atoms with E-state index in [9.17, 15) is 13.2 Å². The summed E-state index contributed by atoms with van der Waals surface area (Å²) in [6.45, 7) is 4.08. The monoisotopic (exact) mass is 299 g/mol. The number of carbonyl (C=O) groups excluding carboxylic acids is 1. The summed E-state index contributed by atoms with van der Waals surface area (Å²) in [7, 11) is -1.53. The molecule has 0 atom stereocenters. The van der Waals surface area contributed by atoms with Gasteiger partial charge in [-0.05, 0) is 13.3 Å². The molecule has 0 aromatic rings. The van der Waals surface area contributed by atoms with E-state index in [1.165, 1.54) is 4.31 Å². The van der Waals surface area contributed by atoms with Gasteiger partial charge in [-0.2, -0.15) is 0 Å². The van der Waals surface area contributed by atoms with Crippen molar-refractivity contribution < 1.29 is 13.2 Å². The molecule has 0 unspecified atom stereocenters. The topological polar surface area (TPSA) is 78.5 Å². The number of amides is 1. The van der Waals surface area contributed by atoms with Gasteiger partial charge >= 0.3 is 0 Å². The first-order valence-corrected chi connectivity index (χ1v) is 7.50. The van der Waals surface area contributed by atoms with Crippen LogP contribution in [0.15, 0.2) is 0 Å². The molecule has 0 aromatic heterocycles. The molecule has 0 radical (unpaired) electrons. The van der Waals surface area contributed by atoms with E-state index in [0.29, 0.717) is 19.5 Å². The van der Waals surface area contributed by atoms with Gasteiger partial charge in [-0.3, -0.25) is 4.79 Å². The van der Waals surface area contributed by atoms with E-state index in [1.54, 1.807) is 14.0 Å². The Balaban J connectivity index is 0.00000289. The number of sulfonamides is 1. The minimum atomic E-state index is -3.10. The lowest BCUT2D eigenvalue weighted by Gasteiger charge is -2.25. The molecule has 1 fully saturated rings. The van der Waals surface area contributed by atoms with E-state index in [0.717, 1.165) is 13.1 Å². The summed E-state index contributed by atoms with van der Waals surface area (Å²) >= 11 is 0. The number of nitrogens with one attached hydrogen (secondary N) is 2. The third-order valence-electron chi connectivity index (χ3n) is 2.94. The molecule has 0 aliphatic carbocycles. The molecule has 1 heterocycles. The van der Waals surface area contributed by atoms with Crippen molar-refractivity contribution >= 4 is 28.3 Å². The average Bonchev–Trinajstić information content (AvgIpc) is 2.21. The molecule has 1 aliphatic rings. The van der Waals surface area contributed by atoms with Crippen LogP contribution in [0.3, 0.4) is 0 Å². The van der Waals surface area contributed by atoms with E-state index in [-0.39, 0.29) is 30.0 Å². The number of hydrogen-bond acceptors (Lipinski definition) is 4. The maximum atomic E-state index is 11.4. The lowest BCUT2D eigenvalue weighted by atomic mass is 10.0. The summed E-state index contributed by atoms with van der Waals surface area (Å²) in [5, 5.41) is 5.84. The molecule has 18 heavy (non-hydrogen) atoms. The Bertz CT molecular complexity index is 357. The minimum absolute atomic E-state index is 0. The molecule has 108 valence electrons. The van der Waals surface area contributed by atoms with Gasteiger partial charge in [-0.15, -0.1) is 12.4 Å². The summed E-state index contributed by atoms with van der Waals surface area (Å²) < 4.78 is 24.2. The number of carbonyl (C=O) groups is 1. The Morgan fingerprint density at radius 2 is 2.06 bits per heavy atom. The molecule has 0 aromatic carbocycles. The number of halogens is 1. The highest BCUT2D eigenvalue weighted by atomic mass is 35.5. The molecule has 2 N–H and O–H groups in total. The van der Waals surface area contributed by atoms with Crippen LogP contribution in [0.2, 0.25) is 0 Å². The highest BCUT2D eigenvalue weighted by Crippen LogP contribution is 2.02. The van der Waals surface area contributed by atoms with E-state index in [4.69, 9.17) is 0 Å². The zero-order valence-electron chi connectivity index (χ0n) is 10.8.